The molecule has 0 aliphatic carbocycles. The van der Waals surface area contributed by atoms with E-state index >= 15 is 0 Å². The van der Waals surface area contributed by atoms with Crippen LogP contribution in [0.25, 0.3) is 0 Å². The number of methoxy groups -OCH3 is 1. The third kappa shape index (κ3) is 4.60. The average Bonchev–Trinajstić information content (AvgIpc) is 2.58. The molecule has 2 rings (SSSR count). The number of amides is 2. The van der Waals surface area contributed by atoms with Gasteiger partial charge in [0, 0.05) is 11.4 Å². The number of aromatic hydroxyl groups is 1. The molecule has 0 radical (unpaired) electrons. The fourth-order valence-corrected chi connectivity index (χ4v) is 2.99. The van der Waals surface area contributed by atoms with Crippen molar-refractivity contribution < 1.29 is 24.2 Å². The Kier molecular flexibility index (Phi) is 6.58. The SMILES string of the molecule is CCSCCOC(=O)C1=C(C)NC(=O)N[C@H]1c1ccc(O)c(OC)c1. The predicted octanol–water partition coefficient (Wildman–Crippen LogP) is 2.33. The molecule has 0 spiro atoms. The smallest absolute Gasteiger partial charge is 0.338 e. The van der Waals surface area contributed by atoms with Crippen LogP contribution in [0.1, 0.15) is 25.5 Å². The Hall–Kier alpha value is -2.35. The van der Waals surface area contributed by atoms with Crippen molar-refractivity contribution >= 4 is 23.8 Å². The number of carbonyl (C=O) groups is 2. The average molecular weight is 366 g/mol. The monoisotopic (exact) mass is 366 g/mol. The van der Waals surface area contributed by atoms with Gasteiger partial charge in [-0.05, 0) is 30.4 Å². The van der Waals surface area contributed by atoms with Gasteiger partial charge < -0.3 is 25.2 Å². The highest BCUT2D eigenvalue weighted by Crippen LogP contribution is 2.33. The van der Waals surface area contributed by atoms with Crippen LogP contribution in [-0.4, -0.2) is 42.3 Å². The molecule has 8 heteroatoms. The van der Waals surface area contributed by atoms with Crippen molar-refractivity contribution in [2.75, 3.05) is 25.2 Å². The molecule has 2 amide bonds. The van der Waals surface area contributed by atoms with Crippen LogP contribution >= 0.6 is 11.8 Å². The lowest BCUT2D eigenvalue weighted by Gasteiger charge is -2.28. The van der Waals surface area contributed by atoms with Gasteiger partial charge in [0.05, 0.1) is 18.7 Å². The van der Waals surface area contributed by atoms with Crippen molar-refractivity contribution in [3.05, 3.63) is 35.0 Å². The zero-order chi connectivity index (χ0) is 18.4. The molecule has 1 aliphatic rings. The number of rotatable bonds is 7. The second kappa shape index (κ2) is 8.66. The number of phenols is 1. The summed E-state index contributed by atoms with van der Waals surface area (Å²) >= 11 is 1.68. The number of phenolic OH excluding ortho intramolecular Hbond substituents is 1. The molecule has 0 aromatic heterocycles. The van der Waals surface area contributed by atoms with Gasteiger partial charge in [-0.3, -0.25) is 0 Å². The predicted molar refractivity (Wildman–Crippen MR) is 95.7 cm³/mol. The molecule has 0 fully saturated rings. The number of esters is 1. The zero-order valence-electron chi connectivity index (χ0n) is 14.4. The van der Waals surface area contributed by atoms with Crippen molar-refractivity contribution in [2.45, 2.75) is 19.9 Å². The molecular formula is C17H22N2O5S. The summed E-state index contributed by atoms with van der Waals surface area (Å²) in [6.45, 7) is 3.99. The zero-order valence-corrected chi connectivity index (χ0v) is 15.2. The summed E-state index contributed by atoms with van der Waals surface area (Å²) in [5.74, 6) is 1.42. The van der Waals surface area contributed by atoms with Crippen LogP contribution in [0.4, 0.5) is 4.79 Å². The largest absolute Gasteiger partial charge is 0.504 e. The van der Waals surface area contributed by atoms with Crippen LogP contribution in [0.15, 0.2) is 29.5 Å². The quantitative estimate of drug-likeness (QED) is 0.506. The van der Waals surface area contributed by atoms with Crippen molar-refractivity contribution in [1.29, 1.82) is 0 Å². The second-order valence-corrected chi connectivity index (χ2v) is 6.73. The Morgan fingerprint density at radius 3 is 2.84 bits per heavy atom. The van der Waals surface area contributed by atoms with Gasteiger partial charge >= 0.3 is 12.0 Å². The van der Waals surface area contributed by atoms with E-state index in [-0.39, 0.29) is 11.5 Å². The number of benzene rings is 1. The van der Waals surface area contributed by atoms with E-state index in [1.54, 1.807) is 30.8 Å². The van der Waals surface area contributed by atoms with E-state index in [9.17, 15) is 14.7 Å². The van der Waals surface area contributed by atoms with Gasteiger partial charge in [-0.2, -0.15) is 11.8 Å². The molecule has 1 aromatic rings. The van der Waals surface area contributed by atoms with Gasteiger partial charge in [-0.15, -0.1) is 0 Å². The number of nitrogens with one attached hydrogen (secondary N) is 2. The molecule has 0 saturated heterocycles. The van der Waals surface area contributed by atoms with E-state index in [1.807, 2.05) is 6.92 Å². The maximum atomic E-state index is 12.5. The summed E-state index contributed by atoms with van der Waals surface area (Å²) in [5, 5.41) is 15.1. The Bertz CT molecular complexity index is 690. The second-order valence-electron chi connectivity index (χ2n) is 5.33. The first-order valence-corrected chi connectivity index (χ1v) is 9.03. The lowest BCUT2D eigenvalue weighted by atomic mass is 9.95. The van der Waals surface area contributed by atoms with Crippen LogP contribution in [-0.2, 0) is 9.53 Å². The topological polar surface area (TPSA) is 96.9 Å². The van der Waals surface area contributed by atoms with Crippen molar-refractivity contribution in [3.8, 4) is 11.5 Å². The molecule has 1 heterocycles. The number of thioether (sulfide) groups is 1. The molecule has 25 heavy (non-hydrogen) atoms. The molecule has 0 bridgehead atoms. The first-order chi connectivity index (χ1) is 12.0. The van der Waals surface area contributed by atoms with Gasteiger partial charge in [-0.25, -0.2) is 9.59 Å². The number of hydrogen-bond acceptors (Lipinski definition) is 6. The third-order valence-corrected chi connectivity index (χ3v) is 4.55. The summed E-state index contributed by atoms with van der Waals surface area (Å²) in [6.07, 6.45) is 0. The summed E-state index contributed by atoms with van der Waals surface area (Å²) in [7, 11) is 1.43. The molecular weight excluding hydrogens is 344 g/mol. The first kappa shape index (κ1) is 19.0. The van der Waals surface area contributed by atoms with Gasteiger partial charge in [0.15, 0.2) is 11.5 Å². The Labute approximate surface area is 150 Å². The molecule has 136 valence electrons. The highest BCUT2D eigenvalue weighted by molar-refractivity contribution is 7.99. The van der Waals surface area contributed by atoms with Gasteiger partial charge in [0.1, 0.15) is 6.61 Å². The fourth-order valence-electron chi connectivity index (χ4n) is 2.50. The standard InChI is InChI=1S/C17H22N2O5S/c1-4-25-8-7-24-16(21)14-10(2)18-17(22)19-15(14)11-5-6-12(20)13(9-11)23-3/h5-6,9,15,20H,4,7-8H2,1-3H3,(H2,18,19,22)/t15-/m0/s1. The molecule has 1 atom stereocenters. The highest BCUT2D eigenvalue weighted by Gasteiger charge is 2.32. The third-order valence-electron chi connectivity index (χ3n) is 3.69. The van der Waals surface area contributed by atoms with Gasteiger partial charge in [0.2, 0.25) is 0 Å². The number of carbonyl (C=O) groups excluding carboxylic acids is 2. The van der Waals surface area contributed by atoms with Crippen LogP contribution in [0.5, 0.6) is 11.5 Å². The molecule has 0 saturated carbocycles. The summed E-state index contributed by atoms with van der Waals surface area (Å²) in [6, 6.07) is 3.57. The minimum absolute atomic E-state index is 0.0204. The van der Waals surface area contributed by atoms with Crippen LogP contribution in [0.2, 0.25) is 0 Å². The van der Waals surface area contributed by atoms with E-state index in [0.717, 1.165) is 5.75 Å². The Balaban J connectivity index is 2.28. The molecule has 1 aliphatic heterocycles. The van der Waals surface area contributed by atoms with E-state index in [0.29, 0.717) is 29.2 Å². The van der Waals surface area contributed by atoms with Gasteiger partial charge in [-0.1, -0.05) is 13.0 Å². The maximum Gasteiger partial charge on any atom is 0.338 e. The van der Waals surface area contributed by atoms with Crippen LogP contribution in [0.3, 0.4) is 0 Å². The van der Waals surface area contributed by atoms with E-state index < -0.39 is 18.0 Å². The summed E-state index contributed by atoms with van der Waals surface area (Å²) < 4.78 is 10.4. The molecule has 1 aromatic carbocycles. The number of allylic oxidation sites excluding steroid dienone is 1. The van der Waals surface area contributed by atoms with E-state index in [1.165, 1.54) is 13.2 Å². The molecule has 0 unspecified atom stereocenters. The van der Waals surface area contributed by atoms with Crippen LogP contribution < -0.4 is 15.4 Å². The normalized spacial score (nSPS) is 16.9. The fraction of sp³-hybridized carbons (Fsp3) is 0.412. The lowest BCUT2D eigenvalue weighted by molar-refractivity contribution is -0.138. The van der Waals surface area contributed by atoms with Crippen molar-refractivity contribution in [3.63, 3.8) is 0 Å². The summed E-state index contributed by atoms with van der Waals surface area (Å²) in [4.78, 5) is 24.4. The Morgan fingerprint density at radius 1 is 1.40 bits per heavy atom. The molecule has 7 nitrogen and oxygen atoms in total. The number of urea groups is 1. The van der Waals surface area contributed by atoms with Gasteiger partial charge in [0.25, 0.3) is 0 Å². The van der Waals surface area contributed by atoms with E-state index in [4.69, 9.17) is 9.47 Å². The maximum absolute atomic E-state index is 12.5. The lowest BCUT2D eigenvalue weighted by Crippen LogP contribution is -2.45. The summed E-state index contributed by atoms with van der Waals surface area (Å²) in [5.41, 5.74) is 1.38. The van der Waals surface area contributed by atoms with Crippen LogP contribution in [0, 0.1) is 0 Å². The highest BCUT2D eigenvalue weighted by atomic mass is 32.2. The Morgan fingerprint density at radius 2 is 2.16 bits per heavy atom. The number of ether oxygens (including phenoxy) is 2. The number of hydrogen-bond donors (Lipinski definition) is 3. The van der Waals surface area contributed by atoms with Crippen molar-refractivity contribution in [2.24, 2.45) is 0 Å². The first-order valence-electron chi connectivity index (χ1n) is 7.88. The van der Waals surface area contributed by atoms with Crippen molar-refractivity contribution in [1.82, 2.24) is 10.6 Å². The minimum atomic E-state index is -0.686. The van der Waals surface area contributed by atoms with E-state index in [2.05, 4.69) is 10.6 Å². The molecule has 3 N–H and O–H groups in total. The minimum Gasteiger partial charge on any atom is -0.504 e.